The lowest BCUT2D eigenvalue weighted by Crippen LogP contribution is -2.22. The van der Waals surface area contributed by atoms with E-state index in [2.05, 4.69) is 80.4 Å². The third kappa shape index (κ3) is 2.03. The lowest BCUT2D eigenvalue weighted by molar-refractivity contribution is 0.579. The number of aryl methyl sites for hydroxylation is 1. The average Bonchev–Trinajstić information content (AvgIpc) is 2.86. The maximum atomic E-state index is 4.19. The van der Waals surface area contributed by atoms with Crippen molar-refractivity contribution in [2.24, 2.45) is 0 Å². The second-order valence-corrected chi connectivity index (χ2v) is 5.70. The highest BCUT2D eigenvalue weighted by atomic mass is 14.7. The molecule has 0 aliphatic carbocycles. The van der Waals surface area contributed by atoms with Crippen molar-refractivity contribution < 1.29 is 0 Å². The molecule has 1 nitrogen and oxygen atoms in total. The van der Waals surface area contributed by atoms with Crippen LogP contribution >= 0.6 is 0 Å². The number of nitrogens with one attached hydrogen (secondary N) is 1. The fourth-order valence-corrected chi connectivity index (χ4v) is 2.88. The van der Waals surface area contributed by atoms with E-state index in [0.717, 1.165) is 6.42 Å². The van der Waals surface area contributed by atoms with Gasteiger partial charge in [0, 0.05) is 16.6 Å². The van der Waals surface area contributed by atoms with Crippen LogP contribution in [-0.2, 0) is 5.41 Å². The predicted octanol–water partition coefficient (Wildman–Crippen LogP) is 5.01. The first-order valence-corrected chi connectivity index (χ1v) is 7.08. The quantitative estimate of drug-likeness (QED) is 0.683. The highest BCUT2D eigenvalue weighted by Gasteiger charge is 2.26. The van der Waals surface area contributed by atoms with E-state index in [0.29, 0.717) is 0 Å². The van der Waals surface area contributed by atoms with Crippen LogP contribution < -0.4 is 0 Å². The molecule has 2 aromatic carbocycles. The number of benzene rings is 2. The van der Waals surface area contributed by atoms with Gasteiger partial charge in [-0.05, 0) is 48.1 Å². The van der Waals surface area contributed by atoms with E-state index in [1.165, 1.54) is 27.7 Å². The summed E-state index contributed by atoms with van der Waals surface area (Å²) in [5.74, 6) is 0. The van der Waals surface area contributed by atoms with Gasteiger partial charge in [0.25, 0.3) is 0 Å². The summed E-state index contributed by atoms with van der Waals surface area (Å²) in [5, 5.41) is 1.27. The van der Waals surface area contributed by atoms with Gasteiger partial charge in [-0.1, -0.05) is 50.2 Å². The van der Waals surface area contributed by atoms with Crippen molar-refractivity contribution in [1.29, 1.82) is 0 Å². The zero-order valence-electron chi connectivity index (χ0n) is 12.1. The van der Waals surface area contributed by atoms with Crippen molar-refractivity contribution >= 4 is 10.9 Å². The Morgan fingerprint density at radius 1 is 1.00 bits per heavy atom. The number of H-pyrrole nitrogens is 1. The first kappa shape index (κ1) is 13.0. The Kier molecular flexibility index (Phi) is 3.13. The van der Waals surface area contributed by atoms with Crippen LogP contribution in [0.4, 0.5) is 0 Å². The van der Waals surface area contributed by atoms with Gasteiger partial charge < -0.3 is 4.98 Å². The maximum Gasteiger partial charge on any atom is 0.0456 e. The fourth-order valence-electron chi connectivity index (χ4n) is 2.88. The van der Waals surface area contributed by atoms with Gasteiger partial charge in [-0.3, -0.25) is 0 Å². The minimum atomic E-state index is -0.0410. The summed E-state index contributed by atoms with van der Waals surface area (Å²) in [6, 6.07) is 19.5. The molecule has 3 rings (SSSR count). The van der Waals surface area contributed by atoms with Crippen LogP contribution in [0.2, 0.25) is 0 Å². The molecule has 0 fully saturated rings. The van der Waals surface area contributed by atoms with Crippen LogP contribution in [0.5, 0.6) is 0 Å². The molecule has 1 atom stereocenters. The molecule has 20 heavy (non-hydrogen) atoms. The molecule has 0 saturated carbocycles. The zero-order valence-corrected chi connectivity index (χ0v) is 12.1. The average molecular weight is 262 g/mol. The third-order valence-corrected chi connectivity index (χ3v) is 4.30. The Morgan fingerprint density at radius 3 is 2.45 bits per heavy atom. The van der Waals surface area contributed by atoms with E-state index in [1.807, 2.05) is 0 Å². The lowest BCUT2D eigenvalue weighted by atomic mass is 9.74. The Balaban J connectivity index is 2.15. The molecule has 3 aromatic rings. The van der Waals surface area contributed by atoms with E-state index in [-0.39, 0.29) is 5.41 Å². The van der Waals surface area contributed by atoms with Gasteiger partial charge in [0.05, 0.1) is 0 Å². The Bertz CT molecular complexity index is 724. The van der Waals surface area contributed by atoms with Crippen molar-refractivity contribution in [2.45, 2.75) is 25.7 Å². The summed E-state index contributed by atoms with van der Waals surface area (Å²) in [6.07, 6.45) is 0.839. The van der Waals surface area contributed by atoms with Gasteiger partial charge in [-0.15, -0.1) is 0 Å². The van der Waals surface area contributed by atoms with Crippen molar-refractivity contribution in [3.63, 3.8) is 0 Å². The monoisotopic (exact) mass is 262 g/mol. The van der Waals surface area contributed by atoms with Crippen molar-refractivity contribution in [3.8, 4) is 0 Å². The lowest BCUT2D eigenvalue weighted by Gasteiger charge is -2.29. The van der Waals surface area contributed by atoms with Crippen molar-refractivity contribution in [1.82, 2.24) is 4.98 Å². The molecule has 1 aromatic heterocycles. The Labute approximate surface area is 120 Å². The van der Waals surface area contributed by atoms with Gasteiger partial charge in [0.2, 0.25) is 0 Å². The molecule has 1 unspecified atom stereocenters. The minimum absolute atomic E-state index is 0.0410. The summed E-state index contributed by atoms with van der Waals surface area (Å²) in [5.41, 5.74) is 5.01. The van der Waals surface area contributed by atoms with Gasteiger partial charge >= 0.3 is 0 Å². The van der Waals surface area contributed by atoms with Crippen LogP contribution in [0.1, 0.15) is 30.2 Å². The summed E-state index contributed by atoms with van der Waals surface area (Å²) in [7, 11) is 0. The number of fused-ring (bicyclic) bond motifs is 1. The van der Waals surface area contributed by atoms with Crippen LogP contribution in [0.25, 0.3) is 10.9 Å². The van der Waals surface area contributed by atoms with Crippen LogP contribution in [0.15, 0.2) is 54.6 Å². The topological polar surface area (TPSA) is 15.8 Å². The fraction of sp³-hybridized carbons (Fsp3) is 0.211. The number of hydrogen-bond donors (Lipinski definition) is 1. The molecule has 0 amide bonds. The van der Waals surface area contributed by atoms with E-state index in [4.69, 9.17) is 0 Å². The first-order chi connectivity index (χ1) is 9.63. The standard InChI is InChI=1S/C19H20N/c1-4-19(3,16-8-6-5-7-9-16)17-10-11-18-15(13-17)12-14(2)20-18/h5-13,20H,1,4H2,2-3H3. The van der Waals surface area contributed by atoms with E-state index >= 15 is 0 Å². The molecule has 1 heterocycles. The molecular formula is C19H20N. The van der Waals surface area contributed by atoms with Gasteiger partial charge in [-0.2, -0.15) is 0 Å². The first-order valence-electron chi connectivity index (χ1n) is 7.08. The van der Waals surface area contributed by atoms with Crippen molar-refractivity contribution in [3.05, 3.63) is 78.3 Å². The molecule has 0 spiro atoms. The molecule has 101 valence electrons. The zero-order chi connectivity index (χ0) is 14.2. The summed E-state index contributed by atoms with van der Waals surface area (Å²) < 4.78 is 0. The molecule has 1 N–H and O–H groups in total. The minimum Gasteiger partial charge on any atom is -0.359 e. The highest BCUT2D eigenvalue weighted by molar-refractivity contribution is 5.81. The van der Waals surface area contributed by atoms with Gasteiger partial charge in [0.1, 0.15) is 0 Å². The molecule has 0 aliphatic rings. The highest BCUT2D eigenvalue weighted by Crippen LogP contribution is 2.36. The Hall–Kier alpha value is -2.02. The van der Waals surface area contributed by atoms with E-state index in [1.54, 1.807) is 0 Å². The number of aromatic nitrogens is 1. The third-order valence-electron chi connectivity index (χ3n) is 4.30. The number of aromatic amines is 1. The predicted molar refractivity (Wildman–Crippen MR) is 85.9 cm³/mol. The molecule has 0 saturated heterocycles. The smallest absolute Gasteiger partial charge is 0.0456 e. The molecule has 0 bridgehead atoms. The van der Waals surface area contributed by atoms with E-state index in [9.17, 15) is 0 Å². The number of rotatable bonds is 3. The van der Waals surface area contributed by atoms with Gasteiger partial charge in [0.15, 0.2) is 0 Å². The second-order valence-electron chi connectivity index (χ2n) is 5.70. The van der Waals surface area contributed by atoms with E-state index < -0.39 is 0 Å². The normalized spacial score (nSPS) is 14.3. The van der Waals surface area contributed by atoms with Gasteiger partial charge in [-0.25, -0.2) is 0 Å². The maximum absolute atomic E-state index is 4.19. The van der Waals surface area contributed by atoms with Crippen LogP contribution in [0, 0.1) is 13.8 Å². The van der Waals surface area contributed by atoms with Crippen LogP contribution in [0.3, 0.4) is 0 Å². The second kappa shape index (κ2) is 4.82. The largest absolute Gasteiger partial charge is 0.359 e. The molecular weight excluding hydrogens is 242 g/mol. The Morgan fingerprint density at radius 2 is 1.75 bits per heavy atom. The summed E-state index contributed by atoms with van der Waals surface area (Å²) in [6.45, 7) is 8.56. The number of hydrogen-bond acceptors (Lipinski definition) is 0. The molecule has 1 radical (unpaired) electrons. The molecule has 1 heteroatoms. The SMILES string of the molecule is [CH2]CC(C)(c1ccccc1)c1ccc2[nH]c(C)cc2c1. The van der Waals surface area contributed by atoms with Crippen molar-refractivity contribution in [2.75, 3.05) is 0 Å². The molecule has 0 aliphatic heterocycles. The summed E-state index contributed by atoms with van der Waals surface area (Å²) >= 11 is 0. The van der Waals surface area contributed by atoms with Crippen LogP contribution in [-0.4, -0.2) is 4.98 Å². The summed E-state index contributed by atoms with van der Waals surface area (Å²) in [4.78, 5) is 3.38.